The molecule has 2 N–H and O–H groups in total. The average Bonchev–Trinajstić information content (AvgIpc) is 2.68. The lowest BCUT2D eigenvalue weighted by molar-refractivity contribution is -0.116. The van der Waals surface area contributed by atoms with Gasteiger partial charge in [-0.2, -0.15) is 0 Å². The second-order valence-electron chi connectivity index (χ2n) is 6.69. The van der Waals surface area contributed by atoms with Gasteiger partial charge in [-0.3, -0.25) is 4.79 Å². The molecule has 5 nitrogen and oxygen atoms in total. The van der Waals surface area contributed by atoms with E-state index in [0.717, 1.165) is 43.1 Å². The predicted molar refractivity (Wildman–Crippen MR) is 104 cm³/mol. The summed E-state index contributed by atoms with van der Waals surface area (Å²) >= 11 is 0. The monoisotopic (exact) mass is 349 g/mol. The highest BCUT2D eigenvalue weighted by Gasteiger charge is 2.20. The number of hydrogen-bond acceptors (Lipinski definition) is 4. The number of carbonyl (C=O) groups excluding carboxylic acids is 1. The van der Waals surface area contributed by atoms with E-state index in [1.807, 2.05) is 24.3 Å². The quantitative estimate of drug-likeness (QED) is 0.837. The molecule has 0 aromatic heterocycles. The van der Waals surface area contributed by atoms with Crippen LogP contribution in [0.3, 0.4) is 0 Å². The largest absolute Gasteiger partial charge is 0.378 e. The second kappa shape index (κ2) is 7.22. The Morgan fingerprint density at radius 3 is 2.65 bits per heavy atom. The minimum atomic E-state index is -0.0428. The fourth-order valence-electron chi connectivity index (χ4n) is 3.41. The molecule has 0 bridgehead atoms. The smallest absolute Gasteiger partial charge is 0.253 e. The van der Waals surface area contributed by atoms with Crippen LogP contribution in [-0.4, -0.2) is 32.2 Å². The van der Waals surface area contributed by atoms with Crippen LogP contribution in [0.2, 0.25) is 0 Å². The molecule has 2 heterocycles. The second-order valence-corrected chi connectivity index (χ2v) is 6.69. The predicted octanol–water partition coefficient (Wildman–Crippen LogP) is 2.91. The molecule has 0 saturated carbocycles. The van der Waals surface area contributed by atoms with Crippen LogP contribution in [0, 0.1) is 6.92 Å². The van der Waals surface area contributed by atoms with Gasteiger partial charge < -0.3 is 20.3 Å². The van der Waals surface area contributed by atoms with Crippen molar-refractivity contribution >= 4 is 22.9 Å². The molecule has 26 heavy (non-hydrogen) atoms. The van der Waals surface area contributed by atoms with E-state index in [4.69, 9.17) is 4.74 Å². The van der Waals surface area contributed by atoms with Gasteiger partial charge >= 0.3 is 0 Å². The molecule has 2 aliphatic rings. The van der Waals surface area contributed by atoms with Gasteiger partial charge in [-0.15, -0.1) is 0 Å². The summed E-state index contributed by atoms with van der Waals surface area (Å²) in [5.41, 5.74) is 6.18. The summed E-state index contributed by atoms with van der Waals surface area (Å²) in [4.78, 5) is 14.6. The van der Waals surface area contributed by atoms with Gasteiger partial charge in [0.15, 0.2) is 0 Å². The number of nitrogens with one attached hydrogen (secondary N) is 2. The van der Waals surface area contributed by atoms with Crippen LogP contribution < -0.4 is 15.5 Å². The molecule has 0 spiro atoms. The van der Waals surface area contributed by atoms with Gasteiger partial charge in [0, 0.05) is 37.2 Å². The highest BCUT2D eigenvalue weighted by Crippen LogP contribution is 2.25. The Bertz CT molecular complexity index is 837. The van der Waals surface area contributed by atoms with Crippen LogP contribution in [0.1, 0.15) is 16.7 Å². The zero-order valence-corrected chi connectivity index (χ0v) is 14.9. The Morgan fingerprint density at radius 2 is 1.88 bits per heavy atom. The molecule has 1 fully saturated rings. The van der Waals surface area contributed by atoms with Gasteiger partial charge in [0.05, 0.1) is 18.8 Å². The summed E-state index contributed by atoms with van der Waals surface area (Å²) in [6.07, 6.45) is 1.80. The number of morpholine rings is 1. The fraction of sp³-hybridized carbons (Fsp3) is 0.286. The molecular formula is C21H23N3O2. The molecule has 0 aliphatic carbocycles. The maximum absolute atomic E-state index is 12.3. The maximum Gasteiger partial charge on any atom is 0.253 e. The topological polar surface area (TPSA) is 53.6 Å². The fourth-order valence-corrected chi connectivity index (χ4v) is 3.41. The van der Waals surface area contributed by atoms with Crippen LogP contribution in [0.5, 0.6) is 0 Å². The van der Waals surface area contributed by atoms with Gasteiger partial charge in [-0.1, -0.05) is 23.8 Å². The molecule has 2 aliphatic heterocycles. The van der Waals surface area contributed by atoms with Crippen molar-refractivity contribution in [2.45, 2.75) is 13.5 Å². The normalized spacial score (nSPS) is 18.4. The molecule has 134 valence electrons. The number of amides is 1. The van der Waals surface area contributed by atoms with Gasteiger partial charge in [-0.05, 0) is 42.3 Å². The van der Waals surface area contributed by atoms with Crippen molar-refractivity contribution in [2.24, 2.45) is 0 Å². The molecule has 0 atom stereocenters. The number of aryl methyl sites for hydroxylation is 1. The van der Waals surface area contributed by atoms with Crippen molar-refractivity contribution in [3.05, 3.63) is 65.4 Å². The van der Waals surface area contributed by atoms with Crippen LogP contribution in [-0.2, 0) is 16.1 Å². The molecule has 0 radical (unpaired) electrons. The number of rotatable bonds is 3. The van der Waals surface area contributed by atoms with Gasteiger partial charge in [0.2, 0.25) is 0 Å². The Kier molecular flexibility index (Phi) is 4.63. The zero-order chi connectivity index (χ0) is 17.9. The standard InChI is InChI=1S/C21H23N3O2/c1-15-2-7-19-16(12-15)13-23-21(25)20(19)14-22-17-3-5-18(6-4-17)24-8-10-26-11-9-24/h2-7,12,14,22H,8-11,13H2,1H3,(H,23,25). The first-order valence-corrected chi connectivity index (χ1v) is 8.98. The van der Waals surface area contributed by atoms with Crippen molar-refractivity contribution in [1.29, 1.82) is 0 Å². The van der Waals surface area contributed by atoms with Gasteiger partial charge in [0.1, 0.15) is 0 Å². The third-order valence-corrected chi connectivity index (χ3v) is 4.86. The van der Waals surface area contributed by atoms with Crippen LogP contribution >= 0.6 is 0 Å². The Hall–Kier alpha value is -2.79. The first-order chi connectivity index (χ1) is 12.7. The van der Waals surface area contributed by atoms with E-state index in [9.17, 15) is 4.79 Å². The Labute approximate surface area is 153 Å². The lowest BCUT2D eigenvalue weighted by atomic mass is 9.94. The zero-order valence-electron chi connectivity index (χ0n) is 14.9. The molecule has 2 aromatic rings. The molecule has 2 aromatic carbocycles. The minimum Gasteiger partial charge on any atom is -0.378 e. The SMILES string of the molecule is Cc1ccc2c(c1)CNC(=O)C2=CNc1ccc(N2CCOCC2)cc1. The molecule has 0 unspecified atom stereocenters. The summed E-state index contributed by atoms with van der Waals surface area (Å²) in [5.74, 6) is -0.0428. The summed E-state index contributed by atoms with van der Waals surface area (Å²) in [6, 6.07) is 14.5. The van der Waals surface area contributed by atoms with Crippen molar-refractivity contribution in [3.63, 3.8) is 0 Å². The summed E-state index contributed by atoms with van der Waals surface area (Å²) in [7, 11) is 0. The number of nitrogens with zero attached hydrogens (tertiary/aromatic N) is 1. The van der Waals surface area contributed by atoms with E-state index >= 15 is 0 Å². The molecular weight excluding hydrogens is 326 g/mol. The van der Waals surface area contributed by atoms with E-state index < -0.39 is 0 Å². The number of hydrogen-bond donors (Lipinski definition) is 2. The van der Waals surface area contributed by atoms with Crippen molar-refractivity contribution in [3.8, 4) is 0 Å². The van der Waals surface area contributed by atoms with Gasteiger partial charge in [-0.25, -0.2) is 0 Å². The number of fused-ring (bicyclic) bond motifs is 1. The van der Waals surface area contributed by atoms with Crippen LogP contribution in [0.25, 0.3) is 5.57 Å². The molecule has 5 heteroatoms. The van der Waals surface area contributed by atoms with Crippen molar-refractivity contribution in [1.82, 2.24) is 5.32 Å². The molecule has 1 amide bonds. The number of anilines is 2. The highest BCUT2D eigenvalue weighted by atomic mass is 16.5. The van der Waals surface area contributed by atoms with Crippen molar-refractivity contribution < 1.29 is 9.53 Å². The average molecular weight is 349 g/mol. The summed E-state index contributed by atoms with van der Waals surface area (Å²) in [6.45, 7) is 6.05. The lowest BCUT2D eigenvalue weighted by Gasteiger charge is -2.28. The van der Waals surface area contributed by atoms with E-state index in [1.165, 1.54) is 11.3 Å². The first-order valence-electron chi connectivity index (χ1n) is 8.98. The van der Waals surface area contributed by atoms with Crippen LogP contribution in [0.4, 0.5) is 11.4 Å². The Balaban J connectivity index is 1.52. The van der Waals surface area contributed by atoms with E-state index in [0.29, 0.717) is 12.1 Å². The van der Waals surface area contributed by atoms with E-state index in [2.05, 4.69) is 40.7 Å². The summed E-state index contributed by atoms with van der Waals surface area (Å²) < 4.78 is 5.40. The third kappa shape index (κ3) is 3.44. The number of benzene rings is 2. The maximum atomic E-state index is 12.3. The molecule has 4 rings (SSSR count). The van der Waals surface area contributed by atoms with E-state index in [-0.39, 0.29) is 5.91 Å². The first kappa shape index (κ1) is 16.7. The van der Waals surface area contributed by atoms with E-state index in [1.54, 1.807) is 6.20 Å². The van der Waals surface area contributed by atoms with Crippen LogP contribution in [0.15, 0.2) is 48.7 Å². The molecule has 1 saturated heterocycles. The Morgan fingerprint density at radius 1 is 1.12 bits per heavy atom. The highest BCUT2D eigenvalue weighted by molar-refractivity contribution is 6.21. The lowest BCUT2D eigenvalue weighted by Crippen LogP contribution is -2.36. The summed E-state index contributed by atoms with van der Waals surface area (Å²) in [5, 5.41) is 6.20. The van der Waals surface area contributed by atoms with Crippen molar-refractivity contribution in [2.75, 3.05) is 36.5 Å². The van der Waals surface area contributed by atoms with Gasteiger partial charge in [0.25, 0.3) is 5.91 Å². The minimum absolute atomic E-state index is 0.0428. The third-order valence-electron chi connectivity index (χ3n) is 4.86. The number of carbonyl (C=O) groups is 1. The number of ether oxygens (including phenoxy) is 1.